The third-order valence-electron chi connectivity index (χ3n) is 3.69. The number of ether oxygens (including phenoxy) is 2. The summed E-state index contributed by atoms with van der Waals surface area (Å²) < 4.78 is 10.5. The molecule has 0 radical (unpaired) electrons. The van der Waals surface area contributed by atoms with E-state index in [0.29, 0.717) is 27.0 Å². The van der Waals surface area contributed by atoms with E-state index in [1.807, 2.05) is 0 Å². The summed E-state index contributed by atoms with van der Waals surface area (Å²) in [6.07, 6.45) is 3.22. The van der Waals surface area contributed by atoms with Crippen LogP contribution in [0.25, 0.3) is 0 Å². The third kappa shape index (κ3) is 3.14. The summed E-state index contributed by atoms with van der Waals surface area (Å²) in [7, 11) is 2.62. The van der Waals surface area contributed by atoms with Gasteiger partial charge < -0.3 is 14.8 Å². The lowest BCUT2D eigenvalue weighted by atomic mass is 9.81. The largest absolute Gasteiger partial charge is 0.466 e. The standard InChI is InChI=1S/C16H17BrN2O4/c1-8-12(15(20)22-3)14(10-5-6-18-7-11(10)17)13(9(2)19-8)16(21)23-4/h5-7,14,19H,1-4H3. The Kier molecular flexibility index (Phi) is 5.20. The van der Waals surface area contributed by atoms with E-state index in [9.17, 15) is 9.59 Å². The van der Waals surface area contributed by atoms with E-state index in [1.54, 1.807) is 32.3 Å². The molecule has 0 amide bonds. The lowest BCUT2D eigenvalue weighted by Crippen LogP contribution is -2.32. The Labute approximate surface area is 142 Å². The molecule has 0 atom stereocenters. The van der Waals surface area contributed by atoms with Crippen molar-refractivity contribution in [2.75, 3.05) is 14.2 Å². The van der Waals surface area contributed by atoms with Crippen LogP contribution in [0.4, 0.5) is 0 Å². The monoisotopic (exact) mass is 380 g/mol. The number of pyridine rings is 1. The van der Waals surface area contributed by atoms with Gasteiger partial charge in [0, 0.05) is 28.3 Å². The predicted octanol–water partition coefficient (Wildman–Crippen LogP) is 2.42. The van der Waals surface area contributed by atoms with Gasteiger partial charge in [0.15, 0.2) is 0 Å². The molecule has 2 heterocycles. The van der Waals surface area contributed by atoms with E-state index >= 15 is 0 Å². The average molecular weight is 381 g/mol. The van der Waals surface area contributed by atoms with Crippen molar-refractivity contribution < 1.29 is 19.1 Å². The maximum Gasteiger partial charge on any atom is 0.336 e. The van der Waals surface area contributed by atoms with Gasteiger partial charge in [0.05, 0.1) is 31.3 Å². The third-order valence-corrected chi connectivity index (χ3v) is 4.35. The first-order valence-corrected chi connectivity index (χ1v) is 7.66. The minimum Gasteiger partial charge on any atom is -0.466 e. The SMILES string of the molecule is COC(=O)C1=C(C)NC(C)=C(C(=O)OC)C1c1ccncc1Br. The molecule has 0 fully saturated rings. The van der Waals surface area contributed by atoms with Crippen molar-refractivity contribution in [3.05, 3.63) is 51.0 Å². The number of hydrogen-bond acceptors (Lipinski definition) is 6. The molecule has 1 aromatic heterocycles. The number of allylic oxidation sites excluding steroid dienone is 2. The Morgan fingerprint density at radius 2 is 1.65 bits per heavy atom. The van der Waals surface area contributed by atoms with E-state index in [1.165, 1.54) is 14.2 Å². The maximum absolute atomic E-state index is 12.3. The Morgan fingerprint density at radius 3 is 2.09 bits per heavy atom. The molecule has 0 saturated heterocycles. The van der Waals surface area contributed by atoms with Gasteiger partial charge in [-0.05, 0) is 41.4 Å². The molecular weight excluding hydrogens is 364 g/mol. The zero-order chi connectivity index (χ0) is 17.1. The highest BCUT2D eigenvalue weighted by atomic mass is 79.9. The second kappa shape index (κ2) is 6.95. The Morgan fingerprint density at radius 1 is 1.13 bits per heavy atom. The number of rotatable bonds is 3. The highest BCUT2D eigenvalue weighted by Crippen LogP contribution is 2.41. The minimum absolute atomic E-state index is 0.366. The second-order valence-corrected chi connectivity index (χ2v) is 5.87. The smallest absolute Gasteiger partial charge is 0.336 e. The zero-order valence-corrected chi connectivity index (χ0v) is 14.9. The van der Waals surface area contributed by atoms with Crippen LogP contribution in [0.3, 0.4) is 0 Å². The van der Waals surface area contributed by atoms with Crippen LogP contribution in [-0.2, 0) is 19.1 Å². The van der Waals surface area contributed by atoms with Gasteiger partial charge in [-0.3, -0.25) is 4.98 Å². The van der Waals surface area contributed by atoms with Crippen molar-refractivity contribution in [2.24, 2.45) is 0 Å². The summed E-state index contributed by atoms with van der Waals surface area (Å²) in [4.78, 5) is 28.7. The number of methoxy groups -OCH3 is 2. The highest BCUT2D eigenvalue weighted by Gasteiger charge is 2.38. The van der Waals surface area contributed by atoms with Gasteiger partial charge in [0.25, 0.3) is 0 Å². The van der Waals surface area contributed by atoms with Crippen molar-refractivity contribution in [1.29, 1.82) is 0 Å². The number of dihydropyridines is 1. The Bertz CT molecular complexity index is 687. The van der Waals surface area contributed by atoms with Gasteiger partial charge >= 0.3 is 11.9 Å². The summed E-state index contributed by atoms with van der Waals surface area (Å²) in [6, 6.07) is 1.76. The van der Waals surface area contributed by atoms with Gasteiger partial charge in [-0.2, -0.15) is 0 Å². The van der Waals surface area contributed by atoms with Crippen LogP contribution in [0.1, 0.15) is 25.3 Å². The summed E-state index contributed by atoms with van der Waals surface area (Å²) >= 11 is 3.44. The van der Waals surface area contributed by atoms with E-state index in [4.69, 9.17) is 9.47 Å². The van der Waals surface area contributed by atoms with E-state index in [2.05, 4.69) is 26.2 Å². The summed E-state index contributed by atoms with van der Waals surface area (Å²) in [5.74, 6) is -1.61. The zero-order valence-electron chi connectivity index (χ0n) is 13.3. The number of halogens is 1. The van der Waals surface area contributed by atoms with Crippen LogP contribution in [0, 0.1) is 0 Å². The average Bonchev–Trinajstić information content (AvgIpc) is 2.53. The number of esters is 2. The minimum atomic E-state index is -0.603. The van der Waals surface area contributed by atoms with Crippen molar-refractivity contribution >= 4 is 27.9 Å². The van der Waals surface area contributed by atoms with Crippen LogP contribution in [0.15, 0.2) is 45.5 Å². The molecule has 23 heavy (non-hydrogen) atoms. The molecule has 2 rings (SSSR count). The number of nitrogens with zero attached hydrogens (tertiary/aromatic N) is 1. The Hall–Kier alpha value is -2.15. The fourth-order valence-corrected chi connectivity index (χ4v) is 3.17. The number of hydrogen-bond donors (Lipinski definition) is 1. The quantitative estimate of drug-likeness (QED) is 0.811. The van der Waals surface area contributed by atoms with Crippen molar-refractivity contribution in [2.45, 2.75) is 19.8 Å². The molecule has 1 aliphatic heterocycles. The molecule has 0 aromatic carbocycles. The van der Waals surface area contributed by atoms with Gasteiger partial charge in [0.1, 0.15) is 0 Å². The summed E-state index contributed by atoms with van der Waals surface area (Å²) in [6.45, 7) is 3.54. The number of carbonyl (C=O) groups is 2. The molecule has 1 aromatic rings. The molecular formula is C16H17BrN2O4. The molecule has 0 aliphatic carbocycles. The van der Waals surface area contributed by atoms with Crippen molar-refractivity contribution in [1.82, 2.24) is 10.3 Å². The Balaban J connectivity index is 2.73. The lowest BCUT2D eigenvalue weighted by molar-refractivity contribution is -0.137. The van der Waals surface area contributed by atoms with Gasteiger partial charge in [-0.1, -0.05) is 0 Å². The van der Waals surface area contributed by atoms with E-state index in [0.717, 1.165) is 5.56 Å². The topological polar surface area (TPSA) is 77.5 Å². The first kappa shape index (κ1) is 17.2. The fourth-order valence-electron chi connectivity index (χ4n) is 2.69. The highest BCUT2D eigenvalue weighted by molar-refractivity contribution is 9.10. The van der Waals surface area contributed by atoms with Crippen LogP contribution in [0.5, 0.6) is 0 Å². The summed E-state index contributed by atoms with van der Waals surface area (Å²) in [5, 5.41) is 3.06. The van der Waals surface area contributed by atoms with Crippen LogP contribution < -0.4 is 5.32 Å². The van der Waals surface area contributed by atoms with Crippen LogP contribution in [-0.4, -0.2) is 31.1 Å². The molecule has 6 nitrogen and oxygen atoms in total. The van der Waals surface area contributed by atoms with Crippen molar-refractivity contribution in [3.63, 3.8) is 0 Å². The molecule has 0 unspecified atom stereocenters. The normalized spacial score (nSPS) is 15.3. The van der Waals surface area contributed by atoms with Gasteiger partial charge in [-0.25, -0.2) is 9.59 Å². The summed E-state index contributed by atoms with van der Waals surface area (Å²) in [5.41, 5.74) is 2.74. The molecule has 0 spiro atoms. The second-order valence-electron chi connectivity index (χ2n) is 5.02. The molecule has 1 N–H and O–H groups in total. The number of carbonyl (C=O) groups excluding carboxylic acids is 2. The fraction of sp³-hybridized carbons (Fsp3) is 0.312. The van der Waals surface area contributed by atoms with Crippen molar-refractivity contribution in [3.8, 4) is 0 Å². The van der Waals surface area contributed by atoms with Crippen LogP contribution >= 0.6 is 15.9 Å². The number of aromatic nitrogens is 1. The molecule has 0 bridgehead atoms. The molecule has 122 valence electrons. The number of nitrogens with one attached hydrogen (secondary N) is 1. The molecule has 1 aliphatic rings. The van der Waals surface area contributed by atoms with E-state index < -0.39 is 17.9 Å². The molecule has 0 saturated carbocycles. The first-order chi connectivity index (χ1) is 10.9. The lowest BCUT2D eigenvalue weighted by Gasteiger charge is -2.30. The van der Waals surface area contributed by atoms with Crippen LogP contribution in [0.2, 0.25) is 0 Å². The first-order valence-electron chi connectivity index (χ1n) is 6.87. The maximum atomic E-state index is 12.3. The van der Waals surface area contributed by atoms with Gasteiger partial charge in [0.2, 0.25) is 0 Å². The van der Waals surface area contributed by atoms with E-state index in [-0.39, 0.29) is 0 Å². The predicted molar refractivity (Wildman–Crippen MR) is 87.2 cm³/mol. The molecule has 7 heteroatoms. The van der Waals surface area contributed by atoms with Gasteiger partial charge in [-0.15, -0.1) is 0 Å².